The van der Waals surface area contributed by atoms with Gasteiger partial charge in [0.1, 0.15) is 24.0 Å². The van der Waals surface area contributed by atoms with Crippen LogP contribution in [0.25, 0.3) is 6.08 Å². The Balaban J connectivity index is 1.67. The van der Waals surface area contributed by atoms with E-state index in [1.165, 1.54) is 5.56 Å². The van der Waals surface area contributed by atoms with Crippen molar-refractivity contribution in [3.05, 3.63) is 104 Å². The van der Waals surface area contributed by atoms with E-state index in [-0.39, 0.29) is 11.6 Å². The molecule has 0 aliphatic heterocycles. The van der Waals surface area contributed by atoms with Crippen LogP contribution >= 0.6 is 22.6 Å². The van der Waals surface area contributed by atoms with Crippen LogP contribution in [-0.2, 0) is 11.4 Å². The smallest absolute Gasteiger partial charge is 0.262 e. The number of nitrogens with one attached hydrogen (secondary N) is 1. The number of aryl methyl sites for hydroxylation is 1. The van der Waals surface area contributed by atoms with E-state index in [4.69, 9.17) is 4.74 Å². The van der Waals surface area contributed by atoms with Crippen LogP contribution in [0.3, 0.4) is 0 Å². The molecule has 5 heteroatoms. The fourth-order valence-corrected chi connectivity index (χ4v) is 3.68. The molecule has 0 aromatic heterocycles. The van der Waals surface area contributed by atoms with Gasteiger partial charge in [0, 0.05) is 0 Å². The second-order valence-corrected chi connectivity index (χ2v) is 8.40. The molecule has 3 aromatic rings. The lowest BCUT2D eigenvalue weighted by Gasteiger charge is -2.14. The van der Waals surface area contributed by atoms with Crippen LogP contribution in [0.5, 0.6) is 5.75 Å². The number of benzene rings is 3. The molecule has 3 rings (SSSR count). The minimum atomic E-state index is -0.395. The van der Waals surface area contributed by atoms with Gasteiger partial charge >= 0.3 is 0 Å². The molecule has 0 radical (unpaired) electrons. The van der Waals surface area contributed by atoms with Gasteiger partial charge in [-0.2, -0.15) is 5.26 Å². The van der Waals surface area contributed by atoms with Gasteiger partial charge in [-0.3, -0.25) is 4.79 Å². The molecule has 0 aliphatic rings. The van der Waals surface area contributed by atoms with Crippen molar-refractivity contribution >= 4 is 34.6 Å². The lowest BCUT2D eigenvalue weighted by atomic mass is 10.1. The van der Waals surface area contributed by atoms with E-state index in [1.807, 2.05) is 73.7 Å². The minimum absolute atomic E-state index is 0.0619. The van der Waals surface area contributed by atoms with E-state index in [0.717, 1.165) is 26.0 Å². The molecule has 3 aromatic carbocycles. The Morgan fingerprint density at radius 1 is 1.13 bits per heavy atom. The second kappa shape index (κ2) is 10.8. The first-order chi connectivity index (χ1) is 15.0. The van der Waals surface area contributed by atoms with Crippen molar-refractivity contribution in [2.75, 3.05) is 0 Å². The molecule has 0 saturated carbocycles. The van der Waals surface area contributed by atoms with Gasteiger partial charge in [-0.15, -0.1) is 0 Å². The summed E-state index contributed by atoms with van der Waals surface area (Å²) in [7, 11) is 0. The van der Waals surface area contributed by atoms with Gasteiger partial charge in [-0.05, 0) is 71.3 Å². The van der Waals surface area contributed by atoms with Crippen LogP contribution in [0.2, 0.25) is 0 Å². The molecule has 4 nitrogen and oxygen atoms in total. The van der Waals surface area contributed by atoms with Crippen molar-refractivity contribution in [1.29, 1.82) is 5.26 Å². The third-order valence-corrected chi connectivity index (χ3v) is 5.64. The average Bonchev–Trinajstić information content (AvgIpc) is 2.78. The first-order valence-electron chi connectivity index (χ1n) is 9.92. The van der Waals surface area contributed by atoms with Crippen LogP contribution < -0.4 is 10.1 Å². The van der Waals surface area contributed by atoms with E-state index in [1.54, 1.807) is 6.08 Å². The Kier molecular flexibility index (Phi) is 7.85. The number of halogens is 1. The van der Waals surface area contributed by atoms with Crippen molar-refractivity contribution in [2.24, 2.45) is 0 Å². The van der Waals surface area contributed by atoms with Gasteiger partial charge < -0.3 is 10.1 Å². The molecule has 0 aliphatic carbocycles. The lowest BCUT2D eigenvalue weighted by Crippen LogP contribution is -2.27. The first-order valence-corrected chi connectivity index (χ1v) is 11.0. The molecule has 156 valence electrons. The molecular weight excluding hydrogens is 499 g/mol. The van der Waals surface area contributed by atoms with Gasteiger partial charge in [0.2, 0.25) is 0 Å². The maximum absolute atomic E-state index is 12.6. The number of hydrogen-bond acceptors (Lipinski definition) is 3. The molecule has 0 bridgehead atoms. The summed E-state index contributed by atoms with van der Waals surface area (Å²) < 4.78 is 6.84. The summed E-state index contributed by atoms with van der Waals surface area (Å²) >= 11 is 2.20. The molecule has 0 fully saturated rings. The Morgan fingerprint density at radius 2 is 1.84 bits per heavy atom. The minimum Gasteiger partial charge on any atom is -0.488 e. The quantitative estimate of drug-likeness (QED) is 0.237. The highest BCUT2D eigenvalue weighted by Crippen LogP contribution is 2.24. The van der Waals surface area contributed by atoms with Crippen molar-refractivity contribution in [1.82, 2.24) is 5.32 Å². The zero-order chi connectivity index (χ0) is 22.2. The number of nitriles is 1. The fourth-order valence-electron chi connectivity index (χ4n) is 2.98. The predicted octanol–water partition coefficient (Wildman–Crippen LogP) is 5.96. The molecule has 1 atom stereocenters. The molecule has 0 unspecified atom stereocenters. The SMILES string of the molecule is Cc1ccc(COc2ccc(/C=C(/C#N)C(=O)N[C@@H](C)c3ccccc3)cc2I)cc1. The third-order valence-electron chi connectivity index (χ3n) is 4.79. The number of hydrogen-bond donors (Lipinski definition) is 1. The molecular formula is C26H23IN2O2. The molecule has 0 heterocycles. The van der Waals surface area contributed by atoms with Crippen molar-refractivity contribution in [3.63, 3.8) is 0 Å². The van der Waals surface area contributed by atoms with Crippen molar-refractivity contribution in [2.45, 2.75) is 26.5 Å². The number of amides is 1. The number of carbonyl (C=O) groups is 1. The van der Waals surface area contributed by atoms with E-state index in [0.29, 0.717) is 6.61 Å². The Morgan fingerprint density at radius 3 is 2.48 bits per heavy atom. The Hall–Kier alpha value is -3.11. The summed E-state index contributed by atoms with van der Waals surface area (Å²) in [5, 5.41) is 12.4. The summed E-state index contributed by atoms with van der Waals surface area (Å²) in [6.45, 7) is 4.43. The zero-order valence-electron chi connectivity index (χ0n) is 17.4. The highest BCUT2D eigenvalue weighted by molar-refractivity contribution is 14.1. The third kappa shape index (κ3) is 6.43. The summed E-state index contributed by atoms with van der Waals surface area (Å²) in [4.78, 5) is 12.6. The highest BCUT2D eigenvalue weighted by atomic mass is 127. The van der Waals surface area contributed by atoms with Gasteiger partial charge in [0.15, 0.2) is 0 Å². The Bertz CT molecular complexity index is 1120. The topological polar surface area (TPSA) is 62.1 Å². The number of carbonyl (C=O) groups excluding carboxylic acids is 1. The fraction of sp³-hybridized carbons (Fsp3) is 0.154. The van der Waals surface area contributed by atoms with Crippen LogP contribution in [0.1, 0.15) is 35.2 Å². The summed E-state index contributed by atoms with van der Waals surface area (Å²) in [6, 6.07) is 25.3. The Labute approximate surface area is 196 Å². The van der Waals surface area contributed by atoms with Crippen LogP contribution in [0.15, 0.2) is 78.4 Å². The highest BCUT2D eigenvalue weighted by Gasteiger charge is 2.14. The maximum Gasteiger partial charge on any atom is 0.262 e. The second-order valence-electron chi connectivity index (χ2n) is 7.24. The normalized spacial score (nSPS) is 12.0. The van der Waals surface area contributed by atoms with E-state index >= 15 is 0 Å². The summed E-state index contributed by atoms with van der Waals surface area (Å²) in [5.41, 5.74) is 4.13. The van der Waals surface area contributed by atoms with Crippen molar-refractivity contribution in [3.8, 4) is 11.8 Å². The number of nitrogens with zero attached hydrogens (tertiary/aromatic N) is 1. The summed E-state index contributed by atoms with van der Waals surface area (Å²) in [6.07, 6.45) is 1.60. The maximum atomic E-state index is 12.6. The standard InChI is InChI=1S/C26H23IN2O2/c1-18-8-10-20(11-9-18)17-31-25-13-12-21(15-24(25)27)14-23(16-28)26(30)29-19(2)22-6-4-3-5-7-22/h3-15,19H,17H2,1-2H3,(H,29,30)/b23-14-/t19-/m0/s1. The number of rotatable bonds is 7. The predicted molar refractivity (Wildman–Crippen MR) is 131 cm³/mol. The monoisotopic (exact) mass is 522 g/mol. The molecule has 1 N–H and O–H groups in total. The van der Waals surface area contributed by atoms with Gasteiger partial charge in [-0.25, -0.2) is 0 Å². The average molecular weight is 522 g/mol. The first kappa shape index (κ1) is 22.6. The van der Waals surface area contributed by atoms with E-state index < -0.39 is 5.91 Å². The number of ether oxygens (including phenoxy) is 1. The van der Waals surface area contributed by atoms with Gasteiger partial charge in [-0.1, -0.05) is 66.2 Å². The van der Waals surface area contributed by atoms with Crippen molar-refractivity contribution < 1.29 is 9.53 Å². The molecule has 31 heavy (non-hydrogen) atoms. The van der Waals surface area contributed by atoms with E-state index in [9.17, 15) is 10.1 Å². The lowest BCUT2D eigenvalue weighted by molar-refractivity contribution is -0.117. The van der Waals surface area contributed by atoms with Gasteiger partial charge in [0.25, 0.3) is 5.91 Å². The zero-order valence-corrected chi connectivity index (χ0v) is 19.6. The van der Waals surface area contributed by atoms with Crippen LogP contribution in [0, 0.1) is 21.8 Å². The summed E-state index contributed by atoms with van der Waals surface area (Å²) in [5.74, 6) is 0.368. The molecule has 0 saturated heterocycles. The van der Waals surface area contributed by atoms with Gasteiger partial charge in [0.05, 0.1) is 9.61 Å². The van der Waals surface area contributed by atoms with E-state index in [2.05, 4.69) is 47.0 Å². The largest absolute Gasteiger partial charge is 0.488 e. The van der Waals surface area contributed by atoms with Crippen LogP contribution in [-0.4, -0.2) is 5.91 Å². The molecule has 0 spiro atoms. The molecule has 1 amide bonds. The van der Waals surface area contributed by atoms with Crippen LogP contribution in [0.4, 0.5) is 0 Å².